The molecule has 0 unspecified atom stereocenters. The number of nitrogens with zero attached hydrogens (tertiary/aromatic N) is 4. The summed E-state index contributed by atoms with van der Waals surface area (Å²) in [6.45, 7) is 5.11. The van der Waals surface area contributed by atoms with E-state index < -0.39 is 11.6 Å². The van der Waals surface area contributed by atoms with Crippen LogP contribution in [0.1, 0.15) is 13.8 Å². The first-order valence-electron chi connectivity index (χ1n) is 6.28. The molecule has 0 atom stereocenters. The molecule has 0 spiro atoms. The van der Waals surface area contributed by atoms with Crippen molar-refractivity contribution in [2.75, 3.05) is 18.0 Å². The number of halogens is 4. The lowest BCUT2D eigenvalue weighted by molar-refractivity contribution is 0.583. The average molecular weight is 378 g/mol. The zero-order valence-electron chi connectivity index (χ0n) is 11.4. The smallest absolute Gasteiger partial charge is 0.230 e. The molecule has 2 rings (SSSR count). The van der Waals surface area contributed by atoms with E-state index in [1.807, 2.05) is 18.7 Å². The van der Waals surface area contributed by atoms with E-state index in [0.717, 1.165) is 6.07 Å². The van der Waals surface area contributed by atoms with Crippen LogP contribution in [0.5, 0.6) is 0 Å². The number of anilines is 1. The summed E-state index contributed by atoms with van der Waals surface area (Å²) in [5.41, 5.74) is -0.331. The average Bonchev–Trinajstić information content (AvgIpc) is 2.44. The van der Waals surface area contributed by atoms with Crippen LogP contribution in [-0.4, -0.2) is 28.0 Å². The van der Waals surface area contributed by atoms with E-state index in [2.05, 4.69) is 30.9 Å². The fourth-order valence-electron chi connectivity index (χ4n) is 1.83. The van der Waals surface area contributed by atoms with Gasteiger partial charge in [-0.15, -0.1) is 0 Å². The summed E-state index contributed by atoms with van der Waals surface area (Å²) in [6, 6.07) is 2.42. The normalized spacial score (nSPS) is 10.8. The lowest BCUT2D eigenvalue weighted by atomic mass is 10.2. The Morgan fingerprint density at radius 2 is 1.81 bits per heavy atom. The Balaban J connectivity index is 2.63. The molecule has 1 aromatic carbocycles. The molecule has 0 saturated heterocycles. The van der Waals surface area contributed by atoms with Gasteiger partial charge in [-0.3, -0.25) is 0 Å². The molecular formula is C13H12BrClF2N4. The Labute approximate surface area is 134 Å². The second-order valence-corrected chi connectivity index (χ2v) is 5.31. The molecule has 4 nitrogen and oxygen atoms in total. The van der Waals surface area contributed by atoms with E-state index in [9.17, 15) is 8.78 Å². The van der Waals surface area contributed by atoms with Gasteiger partial charge in [-0.2, -0.15) is 15.0 Å². The molecule has 8 heteroatoms. The zero-order valence-corrected chi connectivity index (χ0v) is 13.7. The van der Waals surface area contributed by atoms with Gasteiger partial charge in [0.05, 0.1) is 10.0 Å². The van der Waals surface area contributed by atoms with Gasteiger partial charge in [-0.1, -0.05) is 0 Å². The van der Waals surface area contributed by atoms with E-state index in [0.29, 0.717) is 13.1 Å². The number of aromatic nitrogens is 3. The summed E-state index contributed by atoms with van der Waals surface area (Å²) >= 11 is 8.87. The fraction of sp³-hybridized carbons (Fsp3) is 0.308. The van der Waals surface area contributed by atoms with Crippen LogP contribution in [0.4, 0.5) is 14.7 Å². The first-order valence-corrected chi connectivity index (χ1v) is 7.45. The highest BCUT2D eigenvalue weighted by atomic mass is 79.9. The largest absolute Gasteiger partial charge is 0.341 e. The van der Waals surface area contributed by atoms with E-state index in [4.69, 9.17) is 11.6 Å². The lowest BCUT2D eigenvalue weighted by Gasteiger charge is -2.18. The van der Waals surface area contributed by atoms with E-state index in [1.165, 1.54) is 6.07 Å². The van der Waals surface area contributed by atoms with Gasteiger partial charge in [-0.05, 0) is 53.5 Å². The van der Waals surface area contributed by atoms with Crippen LogP contribution < -0.4 is 4.90 Å². The van der Waals surface area contributed by atoms with Crippen LogP contribution in [0, 0.1) is 11.6 Å². The maximum atomic E-state index is 14.1. The molecule has 0 aliphatic rings. The van der Waals surface area contributed by atoms with Gasteiger partial charge in [0, 0.05) is 13.1 Å². The highest BCUT2D eigenvalue weighted by Gasteiger charge is 2.19. The van der Waals surface area contributed by atoms with Crippen molar-refractivity contribution in [2.24, 2.45) is 0 Å². The van der Waals surface area contributed by atoms with Gasteiger partial charge in [0.25, 0.3) is 0 Å². The Morgan fingerprint density at radius 1 is 1.14 bits per heavy atom. The zero-order chi connectivity index (χ0) is 15.6. The minimum absolute atomic E-state index is 0.110. The Morgan fingerprint density at radius 3 is 2.43 bits per heavy atom. The molecule has 112 valence electrons. The van der Waals surface area contributed by atoms with Gasteiger partial charge in [0.15, 0.2) is 11.6 Å². The van der Waals surface area contributed by atoms with Crippen molar-refractivity contribution in [1.29, 1.82) is 0 Å². The summed E-state index contributed by atoms with van der Waals surface area (Å²) in [5, 5.41) is -0.110. The molecule has 0 aliphatic carbocycles. The van der Waals surface area contributed by atoms with Crippen molar-refractivity contribution in [1.82, 2.24) is 15.0 Å². The molecule has 0 bridgehead atoms. The van der Waals surface area contributed by atoms with Crippen LogP contribution in [-0.2, 0) is 0 Å². The first kappa shape index (κ1) is 16.0. The third-order valence-corrected chi connectivity index (χ3v) is 3.69. The summed E-state index contributed by atoms with van der Waals surface area (Å²) < 4.78 is 28.2. The van der Waals surface area contributed by atoms with E-state index in [1.54, 1.807) is 0 Å². The minimum atomic E-state index is -0.775. The quantitative estimate of drug-likeness (QED) is 0.753. The predicted molar refractivity (Wildman–Crippen MR) is 81.5 cm³/mol. The highest BCUT2D eigenvalue weighted by molar-refractivity contribution is 9.10. The standard InChI is InChI=1S/C13H12BrClF2N4/c1-3-21(4-2)13-19-11(18-12(15)20-13)9-8(16)6-5-7(14)10(9)17/h5-6H,3-4H2,1-2H3. The van der Waals surface area contributed by atoms with Crippen LogP contribution in [0.25, 0.3) is 11.4 Å². The van der Waals surface area contributed by atoms with Crippen molar-refractivity contribution >= 4 is 33.5 Å². The highest BCUT2D eigenvalue weighted by Crippen LogP contribution is 2.29. The van der Waals surface area contributed by atoms with Crippen molar-refractivity contribution in [3.05, 3.63) is 33.5 Å². The molecule has 0 saturated carbocycles. The molecule has 2 aromatic rings. The number of rotatable bonds is 4. The van der Waals surface area contributed by atoms with Gasteiger partial charge in [0.1, 0.15) is 5.82 Å². The molecule has 0 amide bonds. The molecule has 21 heavy (non-hydrogen) atoms. The molecule has 0 radical (unpaired) electrons. The third-order valence-electron chi connectivity index (χ3n) is 2.91. The van der Waals surface area contributed by atoms with Gasteiger partial charge in [0.2, 0.25) is 11.2 Å². The molecule has 0 aliphatic heterocycles. The van der Waals surface area contributed by atoms with Crippen molar-refractivity contribution in [3.8, 4) is 11.4 Å². The molecule has 0 N–H and O–H groups in total. The summed E-state index contributed by atoms with van der Waals surface area (Å²) in [7, 11) is 0. The SMILES string of the molecule is CCN(CC)c1nc(Cl)nc(-c2c(F)ccc(Br)c2F)n1. The summed E-state index contributed by atoms with van der Waals surface area (Å²) in [6.07, 6.45) is 0. The van der Waals surface area contributed by atoms with E-state index in [-0.39, 0.29) is 27.1 Å². The van der Waals surface area contributed by atoms with E-state index >= 15 is 0 Å². The fourth-order valence-corrected chi connectivity index (χ4v) is 2.32. The van der Waals surface area contributed by atoms with Crippen molar-refractivity contribution in [2.45, 2.75) is 13.8 Å². The Bertz CT molecular complexity index is 665. The number of hydrogen-bond acceptors (Lipinski definition) is 4. The lowest BCUT2D eigenvalue weighted by Crippen LogP contribution is -2.24. The van der Waals surface area contributed by atoms with Gasteiger partial charge in [-0.25, -0.2) is 8.78 Å². The second-order valence-electron chi connectivity index (χ2n) is 4.12. The van der Waals surface area contributed by atoms with Crippen molar-refractivity contribution < 1.29 is 8.78 Å². The predicted octanol–water partition coefficient (Wildman–Crippen LogP) is 4.08. The molecule has 0 fully saturated rings. The Hall–Kier alpha value is -1.34. The maximum Gasteiger partial charge on any atom is 0.230 e. The van der Waals surface area contributed by atoms with Crippen LogP contribution >= 0.6 is 27.5 Å². The van der Waals surface area contributed by atoms with Crippen LogP contribution in [0.15, 0.2) is 16.6 Å². The van der Waals surface area contributed by atoms with Gasteiger partial charge < -0.3 is 4.90 Å². The maximum absolute atomic E-state index is 14.1. The van der Waals surface area contributed by atoms with Crippen molar-refractivity contribution in [3.63, 3.8) is 0 Å². The first-order chi connectivity index (χ1) is 9.97. The minimum Gasteiger partial charge on any atom is -0.341 e. The van der Waals surface area contributed by atoms with Gasteiger partial charge >= 0.3 is 0 Å². The summed E-state index contributed by atoms with van der Waals surface area (Å²) in [5.74, 6) is -1.38. The third kappa shape index (κ3) is 3.29. The molecule has 1 aromatic heterocycles. The Kier molecular flexibility index (Phi) is 5.05. The number of benzene rings is 1. The number of hydrogen-bond donors (Lipinski definition) is 0. The monoisotopic (exact) mass is 376 g/mol. The van der Waals surface area contributed by atoms with Crippen LogP contribution in [0.2, 0.25) is 5.28 Å². The topological polar surface area (TPSA) is 41.9 Å². The molecule has 1 heterocycles. The molecular weight excluding hydrogens is 366 g/mol. The summed E-state index contributed by atoms with van der Waals surface area (Å²) in [4.78, 5) is 13.8. The second kappa shape index (κ2) is 6.62. The van der Waals surface area contributed by atoms with Crippen LogP contribution in [0.3, 0.4) is 0 Å².